The number of alkyl carbamates (subject to hydrolysis) is 1. The van der Waals surface area contributed by atoms with Crippen LogP contribution in [-0.4, -0.2) is 41.6 Å². The second-order valence-corrected chi connectivity index (χ2v) is 12.9. The SMILES string of the molecule is CC(C)(C)OC(=O)NC(Cc1ccccc1)C(=O)NC(Cc1ccc(NS(=O)(=O)O)cc1)c1nc(-c2ccccc2)cs1. The molecule has 0 aliphatic carbocycles. The molecule has 4 rings (SSSR count). The average molecular weight is 623 g/mol. The minimum atomic E-state index is -4.41. The van der Waals surface area contributed by atoms with E-state index < -0.39 is 40.0 Å². The summed E-state index contributed by atoms with van der Waals surface area (Å²) in [6.45, 7) is 5.25. The second-order valence-electron chi connectivity index (χ2n) is 10.9. The molecule has 4 N–H and O–H groups in total. The van der Waals surface area contributed by atoms with Gasteiger partial charge in [-0.1, -0.05) is 72.8 Å². The zero-order valence-electron chi connectivity index (χ0n) is 24.0. The molecular weight excluding hydrogens is 588 g/mol. The first-order chi connectivity index (χ1) is 20.3. The van der Waals surface area contributed by atoms with Crippen LogP contribution >= 0.6 is 11.3 Å². The number of nitrogens with one attached hydrogen (secondary N) is 3. The fraction of sp³-hybridized carbons (Fsp3) is 0.258. The minimum Gasteiger partial charge on any atom is -0.444 e. The predicted octanol–water partition coefficient (Wildman–Crippen LogP) is 5.56. The molecule has 2 unspecified atom stereocenters. The third kappa shape index (κ3) is 10.2. The minimum absolute atomic E-state index is 0.192. The molecule has 2 amide bonds. The highest BCUT2D eigenvalue weighted by atomic mass is 32.2. The van der Waals surface area contributed by atoms with Crippen molar-refractivity contribution in [2.45, 2.75) is 51.3 Å². The summed E-state index contributed by atoms with van der Waals surface area (Å²) in [5.74, 6) is -0.416. The van der Waals surface area contributed by atoms with Gasteiger partial charge in [-0.15, -0.1) is 11.3 Å². The van der Waals surface area contributed by atoms with Gasteiger partial charge >= 0.3 is 16.4 Å². The number of rotatable bonds is 11. The van der Waals surface area contributed by atoms with E-state index in [0.29, 0.717) is 11.4 Å². The van der Waals surface area contributed by atoms with E-state index in [1.165, 1.54) is 23.5 Å². The summed E-state index contributed by atoms with van der Waals surface area (Å²) in [7, 11) is -4.41. The molecule has 1 heterocycles. The highest BCUT2D eigenvalue weighted by molar-refractivity contribution is 7.87. The van der Waals surface area contributed by atoms with E-state index in [1.54, 1.807) is 32.9 Å². The van der Waals surface area contributed by atoms with Crippen LogP contribution in [0.5, 0.6) is 0 Å². The Hall–Kier alpha value is -4.26. The van der Waals surface area contributed by atoms with Gasteiger partial charge in [0, 0.05) is 17.4 Å². The Morgan fingerprint density at radius 2 is 1.49 bits per heavy atom. The zero-order chi connectivity index (χ0) is 31.0. The maximum atomic E-state index is 13.8. The smallest absolute Gasteiger partial charge is 0.408 e. The van der Waals surface area contributed by atoms with Crippen LogP contribution in [0, 0.1) is 0 Å². The predicted molar refractivity (Wildman–Crippen MR) is 167 cm³/mol. The Bertz CT molecular complexity index is 1620. The molecule has 0 aliphatic heterocycles. The number of anilines is 1. The number of amides is 2. The number of benzene rings is 3. The van der Waals surface area contributed by atoms with Gasteiger partial charge in [0.1, 0.15) is 16.7 Å². The van der Waals surface area contributed by atoms with Crippen LogP contribution in [0.2, 0.25) is 0 Å². The highest BCUT2D eigenvalue weighted by Crippen LogP contribution is 2.28. The standard InChI is InChI=1S/C31H34N4O6S2/c1-31(2,3)41-30(37)34-25(18-21-10-6-4-7-11-21)28(36)32-26(19-22-14-16-24(17-15-22)35-43(38,39)40)29-33-27(20-42-29)23-12-8-5-9-13-23/h4-17,20,25-26,35H,18-19H2,1-3H3,(H,32,36)(H,34,37)(H,38,39,40). The summed E-state index contributed by atoms with van der Waals surface area (Å²) >= 11 is 1.40. The topological polar surface area (TPSA) is 147 Å². The number of hydrogen-bond donors (Lipinski definition) is 4. The summed E-state index contributed by atoms with van der Waals surface area (Å²) in [6.07, 6.45) is -0.144. The van der Waals surface area contributed by atoms with Gasteiger partial charge < -0.3 is 15.4 Å². The molecule has 0 fully saturated rings. The van der Waals surface area contributed by atoms with Crippen molar-refractivity contribution in [3.63, 3.8) is 0 Å². The summed E-state index contributed by atoms with van der Waals surface area (Å²) in [5.41, 5.74) is 2.78. The molecule has 0 saturated carbocycles. The Morgan fingerprint density at radius 1 is 0.884 bits per heavy atom. The van der Waals surface area contributed by atoms with Crippen molar-refractivity contribution in [1.29, 1.82) is 0 Å². The number of carbonyl (C=O) groups is 2. The van der Waals surface area contributed by atoms with Crippen molar-refractivity contribution in [3.8, 4) is 11.3 Å². The Morgan fingerprint density at radius 3 is 2.09 bits per heavy atom. The quantitative estimate of drug-likeness (QED) is 0.160. The van der Waals surface area contributed by atoms with E-state index in [0.717, 1.165) is 22.4 Å². The normalized spacial score (nSPS) is 13.0. The summed E-state index contributed by atoms with van der Waals surface area (Å²) < 4.78 is 38.9. The number of aromatic nitrogens is 1. The van der Waals surface area contributed by atoms with E-state index in [9.17, 15) is 18.0 Å². The lowest BCUT2D eigenvalue weighted by molar-refractivity contribution is -0.124. The first-order valence-corrected chi connectivity index (χ1v) is 15.9. The van der Waals surface area contributed by atoms with Gasteiger partial charge in [0.15, 0.2) is 0 Å². The molecule has 43 heavy (non-hydrogen) atoms. The number of hydrogen-bond acceptors (Lipinski definition) is 7. The molecule has 226 valence electrons. The molecule has 0 bridgehead atoms. The molecule has 0 saturated heterocycles. The third-order valence-electron chi connectivity index (χ3n) is 6.14. The first-order valence-electron chi connectivity index (χ1n) is 13.5. The molecule has 0 aliphatic rings. The fourth-order valence-electron chi connectivity index (χ4n) is 4.26. The van der Waals surface area contributed by atoms with E-state index in [-0.39, 0.29) is 12.1 Å². The van der Waals surface area contributed by atoms with Crippen molar-refractivity contribution < 1.29 is 27.3 Å². The molecule has 0 spiro atoms. The van der Waals surface area contributed by atoms with Gasteiger partial charge in [0.05, 0.1) is 17.4 Å². The van der Waals surface area contributed by atoms with Crippen LogP contribution in [0.4, 0.5) is 10.5 Å². The van der Waals surface area contributed by atoms with E-state index in [4.69, 9.17) is 14.3 Å². The fourth-order valence-corrected chi connectivity index (χ4v) is 5.58. The molecule has 3 aromatic carbocycles. The molecular formula is C31H34N4O6S2. The van der Waals surface area contributed by atoms with Gasteiger partial charge in [-0.05, 0) is 50.5 Å². The van der Waals surface area contributed by atoms with Crippen molar-refractivity contribution >= 4 is 39.3 Å². The zero-order valence-corrected chi connectivity index (χ0v) is 25.6. The lowest BCUT2D eigenvalue weighted by atomic mass is 10.0. The lowest BCUT2D eigenvalue weighted by Gasteiger charge is -2.25. The van der Waals surface area contributed by atoms with Gasteiger partial charge in [-0.2, -0.15) is 8.42 Å². The Labute approximate surface area is 255 Å². The highest BCUT2D eigenvalue weighted by Gasteiger charge is 2.28. The van der Waals surface area contributed by atoms with Crippen LogP contribution in [0.3, 0.4) is 0 Å². The number of nitrogens with zero attached hydrogens (tertiary/aromatic N) is 1. The first kappa shape index (κ1) is 31.7. The van der Waals surface area contributed by atoms with Crippen molar-refractivity contribution in [3.05, 3.63) is 106 Å². The molecule has 2 atom stereocenters. The van der Waals surface area contributed by atoms with Crippen LogP contribution in [0.25, 0.3) is 11.3 Å². The van der Waals surface area contributed by atoms with E-state index in [1.807, 2.05) is 70.8 Å². The molecule has 12 heteroatoms. The summed E-state index contributed by atoms with van der Waals surface area (Å²) in [4.78, 5) is 31.3. The summed E-state index contributed by atoms with van der Waals surface area (Å²) in [6, 6.07) is 23.9. The summed E-state index contributed by atoms with van der Waals surface area (Å²) in [5, 5.41) is 8.37. The number of thiazole rings is 1. The van der Waals surface area contributed by atoms with Crippen LogP contribution in [0.15, 0.2) is 90.3 Å². The molecule has 1 aromatic heterocycles. The van der Waals surface area contributed by atoms with E-state index in [2.05, 4.69) is 10.6 Å². The van der Waals surface area contributed by atoms with E-state index >= 15 is 0 Å². The molecule has 0 radical (unpaired) electrons. The van der Waals surface area contributed by atoms with Gasteiger partial charge in [0.25, 0.3) is 0 Å². The molecule has 4 aromatic rings. The maximum absolute atomic E-state index is 13.8. The van der Waals surface area contributed by atoms with Crippen LogP contribution in [-0.2, 0) is 32.7 Å². The lowest BCUT2D eigenvalue weighted by Crippen LogP contribution is -2.50. The molecule has 10 nitrogen and oxygen atoms in total. The Balaban J connectivity index is 1.61. The monoisotopic (exact) mass is 622 g/mol. The third-order valence-corrected chi connectivity index (χ3v) is 7.59. The van der Waals surface area contributed by atoms with Gasteiger partial charge in [-0.25, -0.2) is 9.78 Å². The second kappa shape index (κ2) is 13.8. The average Bonchev–Trinajstić information content (AvgIpc) is 3.43. The van der Waals surface area contributed by atoms with Crippen molar-refractivity contribution in [2.24, 2.45) is 0 Å². The number of ether oxygens (including phenoxy) is 1. The van der Waals surface area contributed by atoms with Crippen LogP contribution < -0.4 is 15.4 Å². The van der Waals surface area contributed by atoms with Gasteiger partial charge in [-0.3, -0.25) is 14.1 Å². The van der Waals surface area contributed by atoms with Crippen molar-refractivity contribution in [1.82, 2.24) is 15.6 Å². The van der Waals surface area contributed by atoms with Crippen molar-refractivity contribution in [2.75, 3.05) is 4.72 Å². The largest absolute Gasteiger partial charge is 0.444 e. The Kier molecular flexibility index (Phi) is 10.2. The maximum Gasteiger partial charge on any atom is 0.408 e. The number of carbonyl (C=O) groups excluding carboxylic acids is 2. The van der Waals surface area contributed by atoms with Gasteiger partial charge in [0.2, 0.25) is 5.91 Å². The van der Waals surface area contributed by atoms with Crippen LogP contribution in [0.1, 0.15) is 42.9 Å².